The summed E-state index contributed by atoms with van der Waals surface area (Å²) in [7, 11) is 1.87. The minimum atomic E-state index is 0.691. The third-order valence-corrected chi connectivity index (χ3v) is 4.31. The molecule has 1 aliphatic carbocycles. The predicted octanol–water partition coefficient (Wildman–Crippen LogP) is 3.03. The van der Waals surface area contributed by atoms with Crippen LogP contribution < -0.4 is 5.73 Å². The molecule has 2 heterocycles. The van der Waals surface area contributed by atoms with Crippen LogP contribution in [0.4, 0.5) is 5.82 Å². The Morgan fingerprint density at radius 1 is 1.20 bits per heavy atom. The van der Waals surface area contributed by atoms with E-state index in [-0.39, 0.29) is 0 Å². The van der Waals surface area contributed by atoms with Gasteiger partial charge in [-0.05, 0) is 43.4 Å². The van der Waals surface area contributed by atoms with Crippen molar-refractivity contribution in [1.29, 1.82) is 0 Å². The summed E-state index contributed by atoms with van der Waals surface area (Å²) in [6.07, 6.45) is 4.95. The highest BCUT2D eigenvalue weighted by molar-refractivity contribution is 5.89. The van der Waals surface area contributed by atoms with Crippen LogP contribution in [-0.4, -0.2) is 14.8 Å². The van der Waals surface area contributed by atoms with Crippen molar-refractivity contribution in [3.8, 4) is 11.3 Å². The monoisotopic (exact) mass is 266 g/mol. The van der Waals surface area contributed by atoms with E-state index in [1.807, 2.05) is 13.1 Å². The van der Waals surface area contributed by atoms with Crippen molar-refractivity contribution in [2.75, 3.05) is 5.73 Å². The Labute approximate surface area is 117 Å². The van der Waals surface area contributed by atoms with E-state index in [9.17, 15) is 0 Å². The lowest BCUT2D eigenvalue weighted by Gasteiger charge is -2.10. The Balaban J connectivity index is 1.89. The number of H-pyrrole nitrogens is 1. The number of nitrogens with zero attached hydrogens (tertiary/aromatic N) is 2. The summed E-state index contributed by atoms with van der Waals surface area (Å²) in [5.41, 5.74) is 12.1. The third kappa shape index (κ3) is 1.64. The average Bonchev–Trinajstić information content (AvgIpc) is 2.99. The highest BCUT2D eigenvalue weighted by Crippen LogP contribution is 2.32. The molecule has 0 bridgehead atoms. The maximum Gasteiger partial charge on any atom is 0.121 e. The topological polar surface area (TPSA) is 59.6 Å². The predicted molar refractivity (Wildman–Crippen MR) is 81.6 cm³/mol. The van der Waals surface area contributed by atoms with Crippen molar-refractivity contribution in [2.24, 2.45) is 7.05 Å². The largest absolute Gasteiger partial charge is 0.384 e. The molecule has 4 nitrogen and oxygen atoms in total. The molecule has 0 amide bonds. The van der Waals surface area contributed by atoms with Gasteiger partial charge in [0.25, 0.3) is 0 Å². The average molecular weight is 266 g/mol. The molecule has 4 heteroatoms. The first-order valence-corrected chi connectivity index (χ1v) is 7.16. The second kappa shape index (κ2) is 4.13. The summed E-state index contributed by atoms with van der Waals surface area (Å²) in [5, 5.41) is 5.81. The van der Waals surface area contributed by atoms with Crippen molar-refractivity contribution in [3.05, 3.63) is 35.5 Å². The van der Waals surface area contributed by atoms with Gasteiger partial charge < -0.3 is 10.7 Å². The fourth-order valence-corrected chi connectivity index (χ4v) is 3.19. The highest BCUT2D eigenvalue weighted by atomic mass is 15.3. The van der Waals surface area contributed by atoms with E-state index in [1.54, 1.807) is 4.68 Å². The van der Waals surface area contributed by atoms with Gasteiger partial charge in [0.2, 0.25) is 0 Å². The smallest absolute Gasteiger partial charge is 0.121 e. The van der Waals surface area contributed by atoms with Gasteiger partial charge in [0.15, 0.2) is 0 Å². The van der Waals surface area contributed by atoms with Crippen molar-refractivity contribution < 1.29 is 0 Å². The number of fused-ring (bicyclic) bond motifs is 3. The number of aryl methyl sites for hydroxylation is 3. The fourth-order valence-electron chi connectivity index (χ4n) is 3.19. The lowest BCUT2D eigenvalue weighted by Crippen LogP contribution is -1.99. The molecule has 0 aliphatic heterocycles. The molecule has 4 rings (SSSR count). The summed E-state index contributed by atoms with van der Waals surface area (Å²) < 4.78 is 1.71. The Morgan fingerprint density at radius 3 is 2.85 bits per heavy atom. The highest BCUT2D eigenvalue weighted by Gasteiger charge is 2.16. The minimum absolute atomic E-state index is 0.691. The number of nitrogens with one attached hydrogen (secondary N) is 1. The fraction of sp³-hybridized carbons (Fsp3) is 0.312. The van der Waals surface area contributed by atoms with Crippen LogP contribution in [0.1, 0.15) is 24.1 Å². The second-order valence-corrected chi connectivity index (χ2v) is 5.63. The van der Waals surface area contributed by atoms with Crippen molar-refractivity contribution in [2.45, 2.75) is 25.7 Å². The van der Waals surface area contributed by atoms with Gasteiger partial charge in [0, 0.05) is 35.3 Å². The van der Waals surface area contributed by atoms with Crippen LogP contribution in [0.2, 0.25) is 0 Å². The molecule has 1 aromatic carbocycles. The molecule has 1 aliphatic rings. The molecule has 102 valence electrons. The van der Waals surface area contributed by atoms with Gasteiger partial charge in [-0.1, -0.05) is 6.07 Å². The van der Waals surface area contributed by atoms with E-state index >= 15 is 0 Å². The number of aromatic nitrogens is 3. The SMILES string of the molecule is Cn1nc(-c2ccc3[nH]c4c(c3c2)CCCC4)cc1N. The molecule has 3 aromatic rings. The van der Waals surface area contributed by atoms with Gasteiger partial charge in [-0.3, -0.25) is 4.68 Å². The molecule has 0 fully saturated rings. The molecule has 0 saturated heterocycles. The van der Waals surface area contributed by atoms with Crippen LogP contribution in [0.5, 0.6) is 0 Å². The number of benzene rings is 1. The second-order valence-electron chi connectivity index (χ2n) is 5.63. The van der Waals surface area contributed by atoms with E-state index in [0.29, 0.717) is 5.82 Å². The van der Waals surface area contributed by atoms with Crippen LogP contribution in [-0.2, 0) is 19.9 Å². The molecular formula is C16H18N4. The summed E-state index contributed by atoms with van der Waals surface area (Å²) in [6.45, 7) is 0. The van der Waals surface area contributed by atoms with Gasteiger partial charge in [-0.2, -0.15) is 5.10 Å². The molecular weight excluding hydrogens is 248 g/mol. The number of nitrogens with two attached hydrogens (primary N) is 1. The maximum absolute atomic E-state index is 5.88. The first kappa shape index (κ1) is 11.6. The number of nitrogen functional groups attached to an aromatic ring is 1. The lowest BCUT2D eigenvalue weighted by molar-refractivity contribution is 0.680. The number of hydrogen-bond acceptors (Lipinski definition) is 2. The van der Waals surface area contributed by atoms with E-state index in [2.05, 4.69) is 28.3 Å². The number of aromatic amines is 1. The number of rotatable bonds is 1. The molecule has 2 aromatic heterocycles. The van der Waals surface area contributed by atoms with Gasteiger partial charge in [0.05, 0.1) is 5.69 Å². The van der Waals surface area contributed by atoms with Crippen LogP contribution >= 0.6 is 0 Å². The van der Waals surface area contributed by atoms with E-state index in [0.717, 1.165) is 11.3 Å². The zero-order chi connectivity index (χ0) is 13.7. The van der Waals surface area contributed by atoms with Gasteiger partial charge >= 0.3 is 0 Å². The molecule has 0 saturated carbocycles. The summed E-state index contributed by atoms with van der Waals surface area (Å²) >= 11 is 0. The molecule has 3 N–H and O–H groups in total. The maximum atomic E-state index is 5.88. The normalized spacial score (nSPS) is 14.7. The van der Waals surface area contributed by atoms with Crippen molar-refractivity contribution in [3.63, 3.8) is 0 Å². The number of hydrogen-bond donors (Lipinski definition) is 2. The standard InChI is InChI=1S/C16H18N4/c1-20-16(17)9-15(19-20)10-6-7-14-12(8-10)11-4-2-3-5-13(11)18-14/h6-9,18H,2-5,17H2,1H3. The number of anilines is 1. The Bertz CT molecular complexity index is 775. The Kier molecular flexibility index (Phi) is 2.39. The van der Waals surface area contributed by atoms with E-state index in [4.69, 9.17) is 5.73 Å². The Hall–Kier alpha value is -2.23. The zero-order valence-electron chi connectivity index (χ0n) is 11.6. The van der Waals surface area contributed by atoms with Crippen LogP contribution in [0, 0.1) is 0 Å². The van der Waals surface area contributed by atoms with Crippen LogP contribution in [0.3, 0.4) is 0 Å². The van der Waals surface area contributed by atoms with Gasteiger partial charge in [-0.25, -0.2) is 0 Å². The first-order chi connectivity index (χ1) is 9.72. The van der Waals surface area contributed by atoms with E-state index < -0.39 is 0 Å². The summed E-state index contributed by atoms with van der Waals surface area (Å²) in [6, 6.07) is 8.46. The molecule has 0 radical (unpaired) electrons. The summed E-state index contributed by atoms with van der Waals surface area (Å²) in [5.74, 6) is 0.691. The van der Waals surface area contributed by atoms with Crippen LogP contribution in [0.25, 0.3) is 22.2 Å². The molecule has 0 atom stereocenters. The van der Waals surface area contributed by atoms with Gasteiger partial charge in [-0.15, -0.1) is 0 Å². The quantitative estimate of drug-likeness (QED) is 0.711. The first-order valence-electron chi connectivity index (χ1n) is 7.16. The minimum Gasteiger partial charge on any atom is -0.384 e. The lowest BCUT2D eigenvalue weighted by atomic mass is 9.95. The van der Waals surface area contributed by atoms with Gasteiger partial charge in [0.1, 0.15) is 5.82 Å². The third-order valence-electron chi connectivity index (χ3n) is 4.31. The molecule has 20 heavy (non-hydrogen) atoms. The molecule has 0 spiro atoms. The molecule has 0 unspecified atom stereocenters. The van der Waals surface area contributed by atoms with Crippen LogP contribution in [0.15, 0.2) is 24.3 Å². The zero-order valence-corrected chi connectivity index (χ0v) is 11.6. The van der Waals surface area contributed by atoms with Crippen molar-refractivity contribution in [1.82, 2.24) is 14.8 Å². The van der Waals surface area contributed by atoms with Crippen molar-refractivity contribution >= 4 is 16.7 Å². The summed E-state index contributed by atoms with van der Waals surface area (Å²) in [4.78, 5) is 3.56. The Morgan fingerprint density at radius 2 is 2.05 bits per heavy atom. The van der Waals surface area contributed by atoms with E-state index in [1.165, 1.54) is 47.8 Å².